The molecule has 1 atom stereocenters. The Kier molecular flexibility index (Phi) is 4.16. The van der Waals surface area contributed by atoms with Gasteiger partial charge in [0.05, 0.1) is 28.8 Å². The summed E-state index contributed by atoms with van der Waals surface area (Å²) in [5.74, 6) is -0.0805. The number of aromatic amines is 1. The van der Waals surface area contributed by atoms with Crippen molar-refractivity contribution in [2.24, 2.45) is 0 Å². The number of hydrogen-bond donors (Lipinski definition) is 4. The minimum Gasteiger partial charge on any atom is -0.508 e. The third-order valence-corrected chi connectivity index (χ3v) is 5.99. The van der Waals surface area contributed by atoms with Gasteiger partial charge in [0.25, 0.3) is 5.91 Å². The van der Waals surface area contributed by atoms with Crippen LogP contribution in [-0.2, 0) is 0 Å². The van der Waals surface area contributed by atoms with Crippen LogP contribution in [0.25, 0.3) is 33.5 Å². The molecule has 0 saturated carbocycles. The highest BCUT2D eigenvalue weighted by atomic mass is 16.3. The zero-order chi connectivity index (χ0) is 22.5. The number of carbonyl (C=O) groups excluding carboxylic acids is 1. The van der Waals surface area contributed by atoms with Crippen LogP contribution in [0.5, 0.6) is 11.5 Å². The predicted molar refractivity (Wildman–Crippen MR) is 124 cm³/mol. The number of hydrogen-bond acceptors (Lipinski definition) is 5. The highest BCUT2D eigenvalue weighted by molar-refractivity contribution is 5.99. The van der Waals surface area contributed by atoms with Crippen molar-refractivity contribution >= 4 is 16.9 Å². The lowest BCUT2D eigenvalue weighted by Gasteiger charge is -2.17. The molecule has 0 radical (unpaired) electrons. The Balaban J connectivity index is 1.47. The second kappa shape index (κ2) is 7.20. The van der Waals surface area contributed by atoms with Gasteiger partial charge in [-0.15, -0.1) is 0 Å². The van der Waals surface area contributed by atoms with Crippen molar-refractivity contribution in [3.8, 4) is 34.0 Å². The highest BCUT2D eigenvalue weighted by Crippen LogP contribution is 2.47. The maximum absolute atomic E-state index is 13.0. The summed E-state index contributed by atoms with van der Waals surface area (Å²) in [5.41, 5.74) is 6.63. The number of phenols is 2. The molecule has 6 rings (SSSR count). The number of carbonyl (C=O) groups is 1. The maximum atomic E-state index is 13.0. The molecule has 0 aliphatic heterocycles. The van der Waals surface area contributed by atoms with Crippen molar-refractivity contribution in [2.45, 2.75) is 6.04 Å². The SMILES string of the molecule is O=C(NC1c2ccccc2-c2c(-c3nc4ccncc4[nH]3)cccc21)c1ccc(O)cc1O. The van der Waals surface area contributed by atoms with Gasteiger partial charge in [0, 0.05) is 17.8 Å². The molecule has 2 aromatic heterocycles. The van der Waals surface area contributed by atoms with Crippen LogP contribution in [0.3, 0.4) is 0 Å². The second-order valence-electron chi connectivity index (χ2n) is 7.94. The van der Waals surface area contributed by atoms with Gasteiger partial charge in [-0.05, 0) is 40.5 Å². The minimum absolute atomic E-state index is 0.0969. The molecule has 2 heterocycles. The summed E-state index contributed by atoms with van der Waals surface area (Å²) in [6.07, 6.45) is 3.46. The van der Waals surface area contributed by atoms with Crippen molar-refractivity contribution in [2.75, 3.05) is 0 Å². The van der Waals surface area contributed by atoms with Crippen molar-refractivity contribution in [1.29, 1.82) is 0 Å². The molecule has 0 bridgehead atoms. The zero-order valence-corrected chi connectivity index (χ0v) is 17.3. The molecule has 7 nitrogen and oxygen atoms in total. The number of rotatable bonds is 3. The summed E-state index contributed by atoms with van der Waals surface area (Å²) in [7, 11) is 0. The first-order chi connectivity index (χ1) is 16.1. The molecule has 1 unspecified atom stereocenters. The van der Waals surface area contributed by atoms with Gasteiger partial charge in [-0.3, -0.25) is 9.78 Å². The molecular formula is C26H18N4O3. The summed E-state index contributed by atoms with van der Waals surface area (Å²) in [6.45, 7) is 0. The molecule has 1 aliphatic rings. The molecule has 5 aromatic rings. The average Bonchev–Trinajstić information content (AvgIpc) is 3.39. The van der Waals surface area contributed by atoms with E-state index in [2.05, 4.69) is 15.3 Å². The highest BCUT2D eigenvalue weighted by Gasteiger charge is 2.32. The third-order valence-electron chi connectivity index (χ3n) is 5.99. The third kappa shape index (κ3) is 3.02. The van der Waals surface area contributed by atoms with Gasteiger partial charge in [-0.2, -0.15) is 0 Å². The second-order valence-corrected chi connectivity index (χ2v) is 7.94. The van der Waals surface area contributed by atoms with E-state index < -0.39 is 11.9 Å². The number of aromatic hydroxyl groups is 2. The number of H-pyrrole nitrogens is 1. The topological polar surface area (TPSA) is 111 Å². The van der Waals surface area contributed by atoms with Gasteiger partial charge in [-0.1, -0.05) is 42.5 Å². The van der Waals surface area contributed by atoms with Crippen molar-refractivity contribution in [1.82, 2.24) is 20.3 Å². The van der Waals surface area contributed by atoms with Gasteiger partial charge < -0.3 is 20.5 Å². The lowest BCUT2D eigenvalue weighted by atomic mass is 9.98. The van der Waals surface area contributed by atoms with Crippen LogP contribution in [0.1, 0.15) is 27.5 Å². The largest absolute Gasteiger partial charge is 0.508 e. The number of imidazole rings is 1. The van der Waals surface area contributed by atoms with Crippen molar-refractivity contribution in [3.63, 3.8) is 0 Å². The number of benzene rings is 3. The van der Waals surface area contributed by atoms with Crippen LogP contribution in [0.2, 0.25) is 0 Å². The van der Waals surface area contributed by atoms with Gasteiger partial charge >= 0.3 is 0 Å². The Bertz CT molecular complexity index is 1520. The van der Waals surface area contributed by atoms with Crippen LogP contribution in [0.15, 0.2) is 79.1 Å². The first kappa shape index (κ1) is 19.1. The van der Waals surface area contributed by atoms with E-state index in [0.717, 1.165) is 50.7 Å². The summed E-state index contributed by atoms with van der Waals surface area (Å²) in [6, 6.07) is 19.3. The van der Waals surface area contributed by atoms with Gasteiger partial charge in [0.15, 0.2) is 0 Å². The first-order valence-electron chi connectivity index (χ1n) is 10.5. The molecule has 0 saturated heterocycles. The normalized spacial score (nSPS) is 14.1. The number of aromatic nitrogens is 3. The fourth-order valence-corrected chi connectivity index (χ4v) is 4.51. The molecule has 4 N–H and O–H groups in total. The van der Waals surface area contributed by atoms with E-state index in [-0.39, 0.29) is 17.1 Å². The van der Waals surface area contributed by atoms with Gasteiger partial charge in [0.1, 0.15) is 17.3 Å². The standard InChI is InChI=1S/C26H18N4O3/c31-14-8-9-17(22(32)12-14)26(33)30-24-16-5-2-1-4-15(16)23-18(24)6-3-7-19(23)25-28-20-10-11-27-13-21(20)29-25/h1-13,24,31-32H,(H,28,29)(H,30,33). The molecular weight excluding hydrogens is 416 g/mol. The van der Waals surface area contributed by atoms with Crippen LogP contribution >= 0.6 is 0 Å². The fraction of sp³-hybridized carbons (Fsp3) is 0.0385. The van der Waals surface area contributed by atoms with Crippen LogP contribution in [0.4, 0.5) is 0 Å². The Labute approximate surface area is 188 Å². The molecule has 160 valence electrons. The summed E-state index contributed by atoms with van der Waals surface area (Å²) >= 11 is 0. The number of fused-ring (bicyclic) bond motifs is 4. The summed E-state index contributed by atoms with van der Waals surface area (Å²) in [5, 5.41) is 22.8. The Morgan fingerprint density at radius 3 is 2.61 bits per heavy atom. The number of nitrogens with one attached hydrogen (secondary N) is 2. The first-order valence-corrected chi connectivity index (χ1v) is 10.5. The van der Waals surface area contributed by atoms with E-state index in [4.69, 9.17) is 4.98 Å². The van der Waals surface area contributed by atoms with Gasteiger partial charge in [0.2, 0.25) is 0 Å². The number of pyridine rings is 1. The zero-order valence-electron chi connectivity index (χ0n) is 17.3. The predicted octanol–water partition coefficient (Wildman–Crippen LogP) is 4.54. The molecule has 0 spiro atoms. The van der Waals surface area contributed by atoms with Crippen molar-refractivity contribution < 1.29 is 15.0 Å². The van der Waals surface area contributed by atoms with E-state index in [9.17, 15) is 15.0 Å². The average molecular weight is 434 g/mol. The minimum atomic E-state index is -0.430. The fourth-order valence-electron chi connectivity index (χ4n) is 4.51. The van der Waals surface area contributed by atoms with E-state index in [1.165, 1.54) is 12.1 Å². The summed E-state index contributed by atoms with van der Waals surface area (Å²) in [4.78, 5) is 25.3. The smallest absolute Gasteiger partial charge is 0.255 e. The van der Waals surface area contributed by atoms with Crippen molar-refractivity contribution in [3.05, 3.63) is 95.8 Å². The molecule has 33 heavy (non-hydrogen) atoms. The van der Waals surface area contributed by atoms with Crippen LogP contribution in [0, 0.1) is 0 Å². The molecule has 1 aliphatic carbocycles. The van der Waals surface area contributed by atoms with E-state index in [1.807, 2.05) is 48.5 Å². The Hall–Kier alpha value is -4.65. The summed E-state index contributed by atoms with van der Waals surface area (Å²) < 4.78 is 0. The van der Waals surface area contributed by atoms with Crippen LogP contribution < -0.4 is 5.32 Å². The lowest BCUT2D eigenvalue weighted by molar-refractivity contribution is 0.0941. The maximum Gasteiger partial charge on any atom is 0.255 e. The monoisotopic (exact) mass is 434 g/mol. The number of amides is 1. The molecule has 1 amide bonds. The Morgan fingerprint density at radius 2 is 1.76 bits per heavy atom. The molecule has 7 heteroatoms. The van der Waals surface area contributed by atoms with Crippen LogP contribution in [-0.4, -0.2) is 31.1 Å². The van der Waals surface area contributed by atoms with Gasteiger partial charge in [-0.25, -0.2) is 4.98 Å². The van der Waals surface area contributed by atoms with E-state index >= 15 is 0 Å². The number of phenolic OH excluding ortho intramolecular Hbond substituents is 2. The Morgan fingerprint density at radius 1 is 0.939 bits per heavy atom. The number of nitrogens with zero attached hydrogens (tertiary/aromatic N) is 2. The lowest BCUT2D eigenvalue weighted by Crippen LogP contribution is -2.28. The van der Waals surface area contributed by atoms with E-state index in [1.54, 1.807) is 12.4 Å². The van der Waals surface area contributed by atoms with E-state index in [0.29, 0.717) is 0 Å². The quantitative estimate of drug-likeness (QED) is 0.333. The molecule has 3 aromatic carbocycles. The molecule has 0 fully saturated rings.